The molecular weight excluding hydrogens is 446 g/mol. The Bertz CT molecular complexity index is 1350. The van der Waals surface area contributed by atoms with Gasteiger partial charge >= 0.3 is 11.8 Å². The Morgan fingerprint density at radius 2 is 1.60 bits per heavy atom. The number of hydrogen-bond donors (Lipinski definition) is 2. The van der Waals surface area contributed by atoms with Crippen molar-refractivity contribution in [1.82, 2.24) is 15.2 Å². The number of methoxy groups -OCH3 is 2. The van der Waals surface area contributed by atoms with E-state index < -0.39 is 11.8 Å². The van der Waals surface area contributed by atoms with Crippen molar-refractivity contribution in [2.24, 2.45) is 5.10 Å². The van der Waals surface area contributed by atoms with Crippen molar-refractivity contribution >= 4 is 23.7 Å². The van der Waals surface area contributed by atoms with E-state index in [1.165, 1.54) is 13.3 Å². The van der Waals surface area contributed by atoms with E-state index in [1.54, 1.807) is 42.3 Å². The summed E-state index contributed by atoms with van der Waals surface area (Å²) in [5, 5.41) is 11.2. The third-order valence-electron chi connectivity index (χ3n) is 5.06. The SMILES string of the molecule is COc1ccc(-c2nn(-c3ccccc3)cc2/C=N/NC(=O)C(=O)Nc2ccccc2OC)cc1. The predicted molar refractivity (Wildman–Crippen MR) is 133 cm³/mol. The second kappa shape index (κ2) is 10.8. The molecule has 1 heterocycles. The standard InChI is InChI=1S/C26H23N5O4/c1-34-21-14-12-18(13-15-21)24-19(17-31(30-24)20-8-4-3-5-9-20)16-27-29-26(33)25(32)28-22-10-6-7-11-23(22)35-2/h3-17H,1-2H3,(H,28,32)(H,29,33)/b27-16+. The third kappa shape index (κ3) is 5.53. The number of para-hydroxylation sites is 3. The second-order valence-electron chi connectivity index (χ2n) is 7.30. The molecule has 0 spiro atoms. The summed E-state index contributed by atoms with van der Waals surface area (Å²) in [6, 6.07) is 23.8. The van der Waals surface area contributed by atoms with Crippen molar-refractivity contribution in [3.8, 4) is 28.4 Å². The monoisotopic (exact) mass is 469 g/mol. The lowest BCUT2D eigenvalue weighted by atomic mass is 10.1. The van der Waals surface area contributed by atoms with Gasteiger partial charge in [-0.1, -0.05) is 30.3 Å². The molecule has 0 bridgehead atoms. The Morgan fingerprint density at radius 3 is 2.31 bits per heavy atom. The van der Waals surface area contributed by atoms with Crippen LogP contribution in [-0.4, -0.2) is 42.0 Å². The topological polar surface area (TPSA) is 107 Å². The number of hydrogen-bond acceptors (Lipinski definition) is 6. The minimum Gasteiger partial charge on any atom is -0.497 e. The Labute approximate surface area is 202 Å². The lowest BCUT2D eigenvalue weighted by molar-refractivity contribution is -0.136. The van der Waals surface area contributed by atoms with Gasteiger partial charge in [-0.15, -0.1) is 0 Å². The quantitative estimate of drug-likeness (QED) is 0.244. The van der Waals surface area contributed by atoms with Crippen molar-refractivity contribution in [3.63, 3.8) is 0 Å². The molecule has 4 rings (SSSR count). The average molecular weight is 470 g/mol. The van der Waals surface area contributed by atoms with Gasteiger partial charge in [0, 0.05) is 17.3 Å². The Hall–Kier alpha value is -4.92. The number of rotatable bonds is 7. The number of hydrazone groups is 1. The van der Waals surface area contributed by atoms with E-state index >= 15 is 0 Å². The first kappa shape index (κ1) is 23.2. The predicted octanol–water partition coefficient (Wildman–Crippen LogP) is 3.65. The Morgan fingerprint density at radius 1 is 0.886 bits per heavy atom. The molecule has 0 saturated heterocycles. The highest BCUT2D eigenvalue weighted by molar-refractivity contribution is 6.39. The third-order valence-corrected chi connectivity index (χ3v) is 5.06. The van der Waals surface area contributed by atoms with Crippen LogP contribution in [0.3, 0.4) is 0 Å². The summed E-state index contributed by atoms with van der Waals surface area (Å²) in [4.78, 5) is 24.6. The minimum atomic E-state index is -0.923. The number of anilines is 1. The summed E-state index contributed by atoms with van der Waals surface area (Å²) in [6.45, 7) is 0. The zero-order chi connectivity index (χ0) is 24.6. The maximum absolute atomic E-state index is 12.3. The summed E-state index contributed by atoms with van der Waals surface area (Å²) >= 11 is 0. The molecule has 0 aliphatic carbocycles. The first-order valence-electron chi connectivity index (χ1n) is 10.7. The van der Waals surface area contributed by atoms with Gasteiger partial charge in [-0.2, -0.15) is 10.2 Å². The molecule has 0 saturated carbocycles. The van der Waals surface area contributed by atoms with Crippen molar-refractivity contribution in [2.75, 3.05) is 19.5 Å². The summed E-state index contributed by atoms with van der Waals surface area (Å²) in [5.74, 6) is -0.634. The van der Waals surface area contributed by atoms with E-state index in [4.69, 9.17) is 14.6 Å². The minimum absolute atomic E-state index is 0.380. The van der Waals surface area contributed by atoms with Crippen LogP contribution >= 0.6 is 0 Å². The van der Waals surface area contributed by atoms with Crippen LogP contribution in [0, 0.1) is 0 Å². The first-order chi connectivity index (χ1) is 17.1. The van der Waals surface area contributed by atoms with Gasteiger partial charge in [0.05, 0.1) is 31.8 Å². The number of ether oxygens (including phenoxy) is 2. The fourth-order valence-electron chi connectivity index (χ4n) is 3.31. The van der Waals surface area contributed by atoms with Gasteiger partial charge in [-0.05, 0) is 48.5 Å². The van der Waals surface area contributed by atoms with Crippen LogP contribution in [0.1, 0.15) is 5.56 Å². The van der Waals surface area contributed by atoms with Gasteiger partial charge in [-0.25, -0.2) is 10.1 Å². The van der Waals surface area contributed by atoms with Gasteiger partial charge < -0.3 is 14.8 Å². The molecule has 176 valence electrons. The molecule has 0 atom stereocenters. The molecule has 3 aromatic carbocycles. The molecule has 4 aromatic rings. The summed E-state index contributed by atoms with van der Waals surface area (Å²) < 4.78 is 12.1. The van der Waals surface area contributed by atoms with Crippen molar-refractivity contribution < 1.29 is 19.1 Å². The molecule has 0 aliphatic rings. The molecule has 0 radical (unpaired) electrons. The lowest BCUT2D eigenvalue weighted by Gasteiger charge is -2.08. The van der Waals surface area contributed by atoms with E-state index in [0.29, 0.717) is 22.7 Å². The first-order valence-corrected chi connectivity index (χ1v) is 10.7. The lowest BCUT2D eigenvalue weighted by Crippen LogP contribution is -2.32. The maximum atomic E-state index is 12.3. The Balaban J connectivity index is 1.54. The van der Waals surface area contributed by atoms with Gasteiger partial charge in [0.15, 0.2) is 0 Å². The number of nitrogens with one attached hydrogen (secondary N) is 2. The zero-order valence-corrected chi connectivity index (χ0v) is 19.1. The van der Waals surface area contributed by atoms with Crippen molar-refractivity contribution in [1.29, 1.82) is 0 Å². The second-order valence-corrected chi connectivity index (χ2v) is 7.30. The largest absolute Gasteiger partial charge is 0.497 e. The smallest absolute Gasteiger partial charge is 0.329 e. The van der Waals surface area contributed by atoms with Crippen molar-refractivity contribution in [2.45, 2.75) is 0 Å². The number of nitrogens with zero attached hydrogens (tertiary/aromatic N) is 3. The molecule has 2 amide bonds. The molecule has 0 fully saturated rings. The molecule has 2 N–H and O–H groups in total. The van der Waals surface area contributed by atoms with E-state index in [9.17, 15) is 9.59 Å². The van der Waals surface area contributed by atoms with Crippen LogP contribution in [0.4, 0.5) is 5.69 Å². The van der Waals surface area contributed by atoms with Gasteiger partial charge in [0.2, 0.25) is 0 Å². The van der Waals surface area contributed by atoms with Gasteiger partial charge in [-0.3, -0.25) is 9.59 Å². The average Bonchev–Trinajstić information content (AvgIpc) is 3.33. The van der Waals surface area contributed by atoms with Crippen molar-refractivity contribution in [3.05, 3.63) is 90.6 Å². The number of carbonyl (C=O) groups excluding carboxylic acids is 2. The molecule has 0 unspecified atom stereocenters. The Kier molecular flexibility index (Phi) is 7.17. The van der Waals surface area contributed by atoms with Crippen LogP contribution < -0.4 is 20.2 Å². The summed E-state index contributed by atoms with van der Waals surface area (Å²) in [5.41, 5.74) is 5.62. The summed E-state index contributed by atoms with van der Waals surface area (Å²) in [7, 11) is 3.08. The number of amides is 2. The number of benzene rings is 3. The van der Waals surface area contributed by atoms with Gasteiger partial charge in [0.25, 0.3) is 0 Å². The molecule has 0 aliphatic heterocycles. The highest BCUT2D eigenvalue weighted by Gasteiger charge is 2.16. The number of aromatic nitrogens is 2. The van der Waals surface area contributed by atoms with E-state index in [0.717, 1.165) is 17.0 Å². The zero-order valence-electron chi connectivity index (χ0n) is 19.1. The maximum Gasteiger partial charge on any atom is 0.329 e. The highest BCUT2D eigenvalue weighted by atomic mass is 16.5. The molecular formula is C26H23N5O4. The normalized spacial score (nSPS) is 10.7. The van der Waals surface area contributed by atoms with Crippen LogP contribution in [0.2, 0.25) is 0 Å². The summed E-state index contributed by atoms with van der Waals surface area (Å²) in [6.07, 6.45) is 3.24. The fourth-order valence-corrected chi connectivity index (χ4v) is 3.31. The number of carbonyl (C=O) groups is 2. The molecule has 9 heteroatoms. The molecule has 1 aromatic heterocycles. The molecule has 35 heavy (non-hydrogen) atoms. The van der Waals surface area contributed by atoms with E-state index in [2.05, 4.69) is 15.8 Å². The molecule has 9 nitrogen and oxygen atoms in total. The van der Waals surface area contributed by atoms with Crippen LogP contribution in [0.15, 0.2) is 90.2 Å². The van der Waals surface area contributed by atoms with Crippen LogP contribution in [0.5, 0.6) is 11.5 Å². The van der Waals surface area contributed by atoms with Crippen LogP contribution in [0.25, 0.3) is 16.9 Å². The van der Waals surface area contributed by atoms with E-state index in [1.807, 2.05) is 54.6 Å². The van der Waals surface area contributed by atoms with Crippen LogP contribution in [-0.2, 0) is 9.59 Å². The highest BCUT2D eigenvalue weighted by Crippen LogP contribution is 2.25. The van der Waals surface area contributed by atoms with Gasteiger partial charge in [0.1, 0.15) is 17.2 Å². The fraction of sp³-hybridized carbons (Fsp3) is 0.0769. The van der Waals surface area contributed by atoms with E-state index in [-0.39, 0.29) is 0 Å².